The number of para-hydroxylation sites is 1. The maximum absolute atomic E-state index is 12.6. The van der Waals surface area contributed by atoms with Gasteiger partial charge >= 0.3 is 0 Å². The van der Waals surface area contributed by atoms with Gasteiger partial charge in [-0.15, -0.1) is 0 Å². The van der Waals surface area contributed by atoms with E-state index in [0.717, 1.165) is 19.5 Å². The van der Waals surface area contributed by atoms with Crippen LogP contribution in [0, 0.1) is 0 Å². The first-order valence-electron chi connectivity index (χ1n) is 7.46. The molecule has 22 heavy (non-hydrogen) atoms. The first-order valence-corrected chi connectivity index (χ1v) is 7.46. The summed E-state index contributed by atoms with van der Waals surface area (Å²) in [5, 5.41) is 3.10. The summed E-state index contributed by atoms with van der Waals surface area (Å²) in [4.78, 5) is 26.3. The van der Waals surface area contributed by atoms with Gasteiger partial charge in [0.25, 0.3) is 0 Å². The van der Waals surface area contributed by atoms with Crippen LogP contribution in [-0.2, 0) is 4.79 Å². The monoisotopic (exact) mass is 294 g/mol. The van der Waals surface area contributed by atoms with E-state index in [4.69, 9.17) is 0 Å². The van der Waals surface area contributed by atoms with E-state index in [1.807, 2.05) is 41.3 Å². The molecule has 1 aliphatic heterocycles. The normalized spacial score (nSPS) is 13.4. The van der Waals surface area contributed by atoms with Crippen LogP contribution >= 0.6 is 0 Å². The largest absolute Gasteiger partial charge is 0.376 e. The molecule has 1 fully saturated rings. The number of benzene rings is 2. The number of nitrogens with zero attached hydrogens (tertiary/aromatic N) is 1. The number of hydrogen-bond donors (Lipinski definition) is 1. The van der Waals surface area contributed by atoms with Gasteiger partial charge in [0, 0.05) is 29.9 Å². The number of carbonyl (C=O) groups excluding carboxylic acids is 2. The summed E-state index contributed by atoms with van der Waals surface area (Å²) in [5.74, 6) is 0.0355. The molecule has 1 saturated heterocycles. The van der Waals surface area contributed by atoms with Gasteiger partial charge < -0.3 is 10.2 Å². The fourth-order valence-electron chi connectivity index (χ4n) is 2.43. The smallest absolute Gasteiger partial charge is 0.241 e. The first-order chi connectivity index (χ1) is 10.8. The maximum Gasteiger partial charge on any atom is 0.241 e. The van der Waals surface area contributed by atoms with E-state index in [0.29, 0.717) is 16.8 Å². The van der Waals surface area contributed by atoms with E-state index < -0.39 is 0 Å². The second-order valence-corrected chi connectivity index (χ2v) is 5.33. The molecule has 0 spiro atoms. The molecule has 1 heterocycles. The van der Waals surface area contributed by atoms with Crippen molar-refractivity contribution in [1.29, 1.82) is 0 Å². The minimum atomic E-state index is -0.0416. The molecule has 0 radical (unpaired) electrons. The van der Waals surface area contributed by atoms with Crippen LogP contribution in [0.4, 0.5) is 5.69 Å². The fourth-order valence-corrected chi connectivity index (χ4v) is 2.43. The van der Waals surface area contributed by atoms with Crippen molar-refractivity contribution in [2.24, 2.45) is 0 Å². The number of rotatable bonds is 5. The summed E-state index contributed by atoms with van der Waals surface area (Å²) in [5.41, 5.74) is 1.93. The third kappa shape index (κ3) is 3.01. The van der Waals surface area contributed by atoms with E-state index in [9.17, 15) is 9.59 Å². The van der Waals surface area contributed by atoms with Gasteiger partial charge in [0.05, 0.1) is 6.54 Å². The second kappa shape index (κ2) is 6.43. The van der Waals surface area contributed by atoms with Crippen molar-refractivity contribution in [1.82, 2.24) is 4.90 Å². The minimum absolute atomic E-state index is 0.0416. The Morgan fingerprint density at radius 2 is 1.64 bits per heavy atom. The quantitative estimate of drug-likeness (QED) is 0.862. The molecule has 4 heteroatoms. The lowest BCUT2D eigenvalue weighted by molar-refractivity contribution is -0.132. The van der Waals surface area contributed by atoms with Crippen molar-refractivity contribution in [2.45, 2.75) is 6.42 Å². The molecule has 2 aromatic rings. The predicted molar refractivity (Wildman–Crippen MR) is 86.0 cm³/mol. The Kier molecular flexibility index (Phi) is 4.19. The highest BCUT2D eigenvalue weighted by Crippen LogP contribution is 2.19. The summed E-state index contributed by atoms with van der Waals surface area (Å²) in [7, 11) is 0. The number of hydrogen-bond acceptors (Lipinski definition) is 3. The highest BCUT2D eigenvalue weighted by molar-refractivity contribution is 6.12. The lowest BCUT2D eigenvalue weighted by atomic mass is 10.0. The first kappa shape index (κ1) is 14.3. The molecule has 0 saturated carbocycles. The molecule has 112 valence electrons. The standard InChI is InChI=1S/C18H18N2O2/c21-17(20-11-6-12-20)13-19-16-10-5-4-9-15(16)18(22)14-7-2-1-3-8-14/h1-5,7-10,19H,6,11-13H2. The number of ketones is 1. The minimum Gasteiger partial charge on any atom is -0.376 e. The van der Waals surface area contributed by atoms with E-state index in [2.05, 4.69) is 5.32 Å². The van der Waals surface area contributed by atoms with Crippen molar-refractivity contribution in [2.75, 3.05) is 25.0 Å². The summed E-state index contributed by atoms with van der Waals surface area (Å²) in [6.07, 6.45) is 1.08. The third-order valence-electron chi connectivity index (χ3n) is 3.85. The van der Waals surface area contributed by atoms with Gasteiger partial charge in [0.2, 0.25) is 5.91 Å². The average Bonchev–Trinajstić information content (AvgIpc) is 2.52. The zero-order valence-corrected chi connectivity index (χ0v) is 12.3. The van der Waals surface area contributed by atoms with Crippen molar-refractivity contribution in [3.8, 4) is 0 Å². The topological polar surface area (TPSA) is 49.4 Å². The van der Waals surface area contributed by atoms with Crippen molar-refractivity contribution in [3.05, 3.63) is 65.7 Å². The molecule has 4 nitrogen and oxygen atoms in total. The highest BCUT2D eigenvalue weighted by Gasteiger charge is 2.20. The van der Waals surface area contributed by atoms with Gasteiger partial charge in [-0.2, -0.15) is 0 Å². The van der Waals surface area contributed by atoms with E-state index in [-0.39, 0.29) is 18.2 Å². The molecule has 0 bridgehead atoms. The Hall–Kier alpha value is -2.62. The molecule has 1 amide bonds. The van der Waals surface area contributed by atoms with Gasteiger partial charge in [-0.3, -0.25) is 9.59 Å². The highest BCUT2D eigenvalue weighted by atomic mass is 16.2. The molecule has 0 aromatic heterocycles. The van der Waals surface area contributed by atoms with Gasteiger partial charge in [-0.05, 0) is 18.6 Å². The Morgan fingerprint density at radius 1 is 0.955 bits per heavy atom. The molecule has 0 unspecified atom stereocenters. The lowest BCUT2D eigenvalue weighted by Gasteiger charge is -2.31. The molecular weight excluding hydrogens is 276 g/mol. The number of nitrogens with one attached hydrogen (secondary N) is 1. The zero-order chi connectivity index (χ0) is 15.4. The third-order valence-corrected chi connectivity index (χ3v) is 3.85. The van der Waals surface area contributed by atoms with Crippen LogP contribution < -0.4 is 5.32 Å². The van der Waals surface area contributed by atoms with Crippen LogP contribution in [0.25, 0.3) is 0 Å². The van der Waals surface area contributed by atoms with Gasteiger partial charge in [-0.25, -0.2) is 0 Å². The lowest BCUT2D eigenvalue weighted by Crippen LogP contribution is -2.44. The van der Waals surface area contributed by atoms with Crippen molar-refractivity contribution >= 4 is 17.4 Å². The molecule has 1 N–H and O–H groups in total. The Bertz CT molecular complexity index is 678. The summed E-state index contributed by atoms with van der Waals surface area (Å²) in [6, 6.07) is 16.5. The summed E-state index contributed by atoms with van der Waals surface area (Å²) in [6.45, 7) is 1.90. The summed E-state index contributed by atoms with van der Waals surface area (Å²) >= 11 is 0. The van der Waals surface area contributed by atoms with E-state index in [1.165, 1.54) is 0 Å². The van der Waals surface area contributed by atoms with Crippen LogP contribution in [0.15, 0.2) is 54.6 Å². The van der Waals surface area contributed by atoms with Crippen LogP contribution in [0.2, 0.25) is 0 Å². The Balaban J connectivity index is 1.75. The van der Waals surface area contributed by atoms with E-state index in [1.54, 1.807) is 18.2 Å². The second-order valence-electron chi connectivity index (χ2n) is 5.33. The Morgan fingerprint density at radius 3 is 2.32 bits per heavy atom. The fraction of sp³-hybridized carbons (Fsp3) is 0.222. The molecular formula is C18H18N2O2. The van der Waals surface area contributed by atoms with Crippen molar-refractivity contribution < 1.29 is 9.59 Å². The van der Waals surface area contributed by atoms with Crippen LogP contribution in [0.3, 0.4) is 0 Å². The molecule has 2 aromatic carbocycles. The van der Waals surface area contributed by atoms with Crippen molar-refractivity contribution in [3.63, 3.8) is 0 Å². The van der Waals surface area contributed by atoms with Crippen LogP contribution in [0.1, 0.15) is 22.3 Å². The predicted octanol–water partition coefficient (Wildman–Crippen LogP) is 2.56. The molecule has 0 atom stereocenters. The maximum atomic E-state index is 12.6. The van der Waals surface area contributed by atoms with Crippen LogP contribution in [0.5, 0.6) is 0 Å². The SMILES string of the molecule is O=C(c1ccccc1)c1ccccc1NCC(=O)N1CCC1. The molecule has 0 aliphatic carbocycles. The molecule has 3 rings (SSSR count). The van der Waals surface area contributed by atoms with Gasteiger partial charge in [0.15, 0.2) is 5.78 Å². The van der Waals surface area contributed by atoms with Gasteiger partial charge in [-0.1, -0.05) is 42.5 Å². The zero-order valence-electron chi connectivity index (χ0n) is 12.3. The number of amides is 1. The molecule has 1 aliphatic rings. The average molecular weight is 294 g/mol. The summed E-state index contributed by atoms with van der Waals surface area (Å²) < 4.78 is 0. The number of anilines is 1. The number of likely N-dealkylation sites (tertiary alicyclic amines) is 1. The van der Waals surface area contributed by atoms with Crippen LogP contribution in [-0.4, -0.2) is 36.2 Å². The van der Waals surface area contributed by atoms with E-state index >= 15 is 0 Å². The number of carbonyl (C=O) groups is 2. The van der Waals surface area contributed by atoms with Gasteiger partial charge in [0.1, 0.15) is 0 Å². The Labute approximate surface area is 129 Å².